The molecule has 6 nitrogen and oxygen atoms in total. The molecule has 1 fully saturated rings. The minimum Gasteiger partial charge on any atom is -0.465 e. The maximum absolute atomic E-state index is 13.0. The van der Waals surface area contributed by atoms with Crippen molar-refractivity contribution in [1.29, 1.82) is 0 Å². The molecule has 3 rings (SSSR count). The summed E-state index contributed by atoms with van der Waals surface area (Å²) in [7, 11) is 1.32. The quantitative estimate of drug-likeness (QED) is 0.422. The van der Waals surface area contributed by atoms with E-state index in [1.165, 1.54) is 38.1 Å². The fraction of sp³-hybridized carbons (Fsp3) is 0.423. The second-order valence-electron chi connectivity index (χ2n) is 8.37. The zero-order chi connectivity index (χ0) is 23.6. The van der Waals surface area contributed by atoms with Crippen LogP contribution in [-0.2, 0) is 9.53 Å². The standard InChI is InChI=1S/C26H32N2O4S/c1-18-14-15-19(26(31)32-2)16-22(18)28-25(30)21-12-8-9-13-23(21)33-17-24(29)27-20-10-6-4-3-5-7-11-20/h8-9,12-16,20H,3-7,10-11,17H2,1-2H3,(H,27,29)(H,28,30). The molecule has 0 radical (unpaired) electrons. The van der Waals surface area contributed by atoms with Crippen LogP contribution in [0.2, 0.25) is 0 Å². The Labute approximate surface area is 199 Å². The van der Waals surface area contributed by atoms with Gasteiger partial charge < -0.3 is 15.4 Å². The maximum Gasteiger partial charge on any atom is 0.337 e. The molecule has 0 heterocycles. The first-order chi connectivity index (χ1) is 16.0. The molecule has 2 aromatic rings. The summed E-state index contributed by atoms with van der Waals surface area (Å²) >= 11 is 1.36. The largest absolute Gasteiger partial charge is 0.465 e. The molecule has 0 aromatic heterocycles. The lowest BCUT2D eigenvalue weighted by Crippen LogP contribution is -2.36. The second-order valence-corrected chi connectivity index (χ2v) is 9.39. The van der Waals surface area contributed by atoms with E-state index in [0.29, 0.717) is 16.8 Å². The number of rotatable bonds is 7. The molecule has 2 aromatic carbocycles. The highest BCUT2D eigenvalue weighted by atomic mass is 32.2. The number of carbonyl (C=O) groups excluding carboxylic acids is 3. The Morgan fingerprint density at radius 2 is 1.70 bits per heavy atom. The number of hydrogen-bond donors (Lipinski definition) is 2. The summed E-state index contributed by atoms with van der Waals surface area (Å²) in [4.78, 5) is 38.2. The predicted octanol–water partition coefficient (Wildman–Crippen LogP) is 5.36. The fourth-order valence-corrected chi connectivity index (χ4v) is 4.85. The van der Waals surface area contributed by atoms with Gasteiger partial charge in [0.1, 0.15) is 0 Å². The first-order valence-electron chi connectivity index (χ1n) is 11.5. The normalized spacial score (nSPS) is 14.6. The summed E-state index contributed by atoms with van der Waals surface area (Å²) in [5, 5.41) is 6.06. The van der Waals surface area contributed by atoms with Crippen LogP contribution >= 0.6 is 11.8 Å². The van der Waals surface area contributed by atoms with E-state index in [1.54, 1.807) is 30.3 Å². The lowest BCUT2D eigenvalue weighted by atomic mass is 9.97. The third kappa shape index (κ3) is 7.35. The summed E-state index contributed by atoms with van der Waals surface area (Å²) in [5.74, 6) is -0.486. The van der Waals surface area contributed by atoms with E-state index in [2.05, 4.69) is 10.6 Å². The molecule has 2 N–H and O–H groups in total. The number of nitrogens with one attached hydrogen (secondary N) is 2. The Kier molecular flexibility index (Phi) is 9.36. The molecule has 0 saturated heterocycles. The van der Waals surface area contributed by atoms with Crippen molar-refractivity contribution in [3.8, 4) is 0 Å². The molecule has 1 aliphatic carbocycles. The molecule has 1 aliphatic rings. The number of benzene rings is 2. The highest BCUT2D eigenvalue weighted by molar-refractivity contribution is 8.00. The van der Waals surface area contributed by atoms with Gasteiger partial charge in [0.05, 0.1) is 24.0 Å². The van der Waals surface area contributed by atoms with Gasteiger partial charge in [-0.05, 0) is 49.6 Å². The summed E-state index contributed by atoms with van der Waals surface area (Å²) in [6.07, 6.45) is 8.19. The molecule has 0 unspecified atom stereocenters. The fourth-order valence-electron chi connectivity index (χ4n) is 3.98. The van der Waals surface area contributed by atoms with Gasteiger partial charge in [-0.15, -0.1) is 11.8 Å². The second kappa shape index (κ2) is 12.4. The Morgan fingerprint density at radius 3 is 2.42 bits per heavy atom. The van der Waals surface area contributed by atoms with Gasteiger partial charge in [0, 0.05) is 16.6 Å². The van der Waals surface area contributed by atoms with Gasteiger partial charge in [0.2, 0.25) is 5.91 Å². The van der Waals surface area contributed by atoms with E-state index in [0.717, 1.165) is 36.1 Å². The molecule has 0 spiro atoms. The van der Waals surface area contributed by atoms with Crippen molar-refractivity contribution < 1.29 is 19.1 Å². The SMILES string of the molecule is COC(=O)c1ccc(C)c(NC(=O)c2ccccc2SCC(=O)NC2CCCCCCC2)c1. The van der Waals surface area contributed by atoms with Crippen LogP contribution in [0.4, 0.5) is 5.69 Å². The molecule has 1 saturated carbocycles. The van der Waals surface area contributed by atoms with Gasteiger partial charge >= 0.3 is 5.97 Å². The summed E-state index contributed by atoms with van der Waals surface area (Å²) in [6, 6.07) is 12.5. The number of amides is 2. The number of esters is 1. The minimum absolute atomic E-state index is 0.00223. The third-order valence-electron chi connectivity index (χ3n) is 5.87. The van der Waals surface area contributed by atoms with E-state index < -0.39 is 5.97 Å². The van der Waals surface area contributed by atoms with Crippen molar-refractivity contribution in [1.82, 2.24) is 5.32 Å². The van der Waals surface area contributed by atoms with E-state index in [-0.39, 0.29) is 23.6 Å². The van der Waals surface area contributed by atoms with Gasteiger partial charge in [0.25, 0.3) is 5.91 Å². The zero-order valence-electron chi connectivity index (χ0n) is 19.3. The Morgan fingerprint density at radius 1 is 1.00 bits per heavy atom. The van der Waals surface area contributed by atoms with Crippen molar-refractivity contribution >= 4 is 35.2 Å². The monoisotopic (exact) mass is 468 g/mol. The lowest BCUT2D eigenvalue weighted by Gasteiger charge is -2.21. The molecule has 2 amide bonds. The molecule has 0 atom stereocenters. The van der Waals surface area contributed by atoms with E-state index in [1.807, 2.05) is 19.1 Å². The van der Waals surface area contributed by atoms with Crippen molar-refractivity contribution in [2.45, 2.75) is 62.8 Å². The predicted molar refractivity (Wildman–Crippen MR) is 132 cm³/mol. The van der Waals surface area contributed by atoms with Gasteiger partial charge in [-0.2, -0.15) is 0 Å². The summed E-state index contributed by atoms with van der Waals surface area (Å²) in [5.41, 5.74) is 2.24. The Hall–Kier alpha value is -2.80. The molecule has 176 valence electrons. The van der Waals surface area contributed by atoms with Gasteiger partial charge in [-0.3, -0.25) is 9.59 Å². The lowest BCUT2D eigenvalue weighted by molar-refractivity contribution is -0.119. The number of ether oxygens (including phenoxy) is 1. The van der Waals surface area contributed by atoms with E-state index >= 15 is 0 Å². The maximum atomic E-state index is 13.0. The van der Waals surface area contributed by atoms with Gasteiger partial charge in [0.15, 0.2) is 0 Å². The molecule has 0 bridgehead atoms. The van der Waals surface area contributed by atoms with Crippen LogP contribution in [-0.4, -0.2) is 36.7 Å². The number of carbonyl (C=O) groups is 3. The van der Waals surface area contributed by atoms with Crippen LogP contribution in [0.25, 0.3) is 0 Å². The van der Waals surface area contributed by atoms with Crippen molar-refractivity contribution in [2.75, 3.05) is 18.2 Å². The highest BCUT2D eigenvalue weighted by Gasteiger charge is 2.17. The zero-order valence-corrected chi connectivity index (χ0v) is 20.1. The van der Waals surface area contributed by atoms with Crippen molar-refractivity contribution in [3.05, 3.63) is 59.2 Å². The molecule has 7 heteroatoms. The number of anilines is 1. The molecular formula is C26H32N2O4S. The first-order valence-corrected chi connectivity index (χ1v) is 12.5. The number of aryl methyl sites for hydroxylation is 1. The van der Waals surface area contributed by atoms with Crippen molar-refractivity contribution in [3.63, 3.8) is 0 Å². The van der Waals surface area contributed by atoms with Crippen LogP contribution in [0, 0.1) is 6.92 Å². The average Bonchev–Trinajstić information content (AvgIpc) is 2.80. The Bertz CT molecular complexity index is 984. The number of hydrogen-bond acceptors (Lipinski definition) is 5. The van der Waals surface area contributed by atoms with Crippen LogP contribution in [0.5, 0.6) is 0 Å². The van der Waals surface area contributed by atoms with Crippen LogP contribution in [0.15, 0.2) is 47.4 Å². The van der Waals surface area contributed by atoms with Crippen molar-refractivity contribution in [2.24, 2.45) is 0 Å². The van der Waals surface area contributed by atoms with Gasteiger partial charge in [-0.25, -0.2) is 4.79 Å². The molecule has 0 aliphatic heterocycles. The number of thioether (sulfide) groups is 1. The molecular weight excluding hydrogens is 436 g/mol. The summed E-state index contributed by atoms with van der Waals surface area (Å²) < 4.78 is 4.77. The van der Waals surface area contributed by atoms with Gasteiger partial charge in [-0.1, -0.05) is 50.3 Å². The van der Waals surface area contributed by atoms with E-state index in [4.69, 9.17) is 4.74 Å². The number of methoxy groups -OCH3 is 1. The first kappa shape index (κ1) is 24.8. The topological polar surface area (TPSA) is 84.5 Å². The molecule has 33 heavy (non-hydrogen) atoms. The highest BCUT2D eigenvalue weighted by Crippen LogP contribution is 2.25. The average molecular weight is 469 g/mol. The summed E-state index contributed by atoms with van der Waals surface area (Å²) in [6.45, 7) is 1.86. The van der Waals surface area contributed by atoms with Crippen LogP contribution in [0.3, 0.4) is 0 Å². The van der Waals surface area contributed by atoms with Crippen LogP contribution < -0.4 is 10.6 Å². The smallest absolute Gasteiger partial charge is 0.337 e. The van der Waals surface area contributed by atoms with Crippen LogP contribution in [0.1, 0.15) is 71.2 Å². The minimum atomic E-state index is -0.461. The Balaban J connectivity index is 1.63. The third-order valence-corrected chi connectivity index (χ3v) is 6.94. The van der Waals surface area contributed by atoms with E-state index in [9.17, 15) is 14.4 Å².